The monoisotopic (exact) mass is 227 g/mol. The summed E-state index contributed by atoms with van der Waals surface area (Å²) >= 11 is 0. The molecule has 1 aromatic rings. The average Bonchev–Trinajstić information content (AvgIpc) is 2.19. The number of anilines is 1. The first-order valence-corrected chi connectivity index (χ1v) is 4.32. The zero-order valence-corrected chi connectivity index (χ0v) is 8.12. The van der Waals surface area contributed by atoms with Crippen LogP contribution < -0.4 is 5.73 Å². The van der Waals surface area contributed by atoms with Crippen LogP contribution in [-0.4, -0.2) is 4.98 Å². The third kappa shape index (κ3) is 2.98. The number of nitrogen functional groups attached to an aromatic ring is 1. The molecule has 84 valence electrons. The van der Waals surface area contributed by atoms with Gasteiger partial charge in [0, 0.05) is 5.56 Å². The van der Waals surface area contributed by atoms with Crippen LogP contribution in [0.1, 0.15) is 17.7 Å². The molecule has 16 heavy (non-hydrogen) atoms. The number of aromatic nitrogens is 1. The fourth-order valence-corrected chi connectivity index (χ4v) is 1.09. The van der Waals surface area contributed by atoms with E-state index in [0.29, 0.717) is 0 Å². The summed E-state index contributed by atoms with van der Waals surface area (Å²) in [5.41, 5.74) is 4.05. The van der Waals surface area contributed by atoms with Crippen molar-refractivity contribution < 1.29 is 13.2 Å². The molecule has 0 aliphatic carbocycles. The van der Waals surface area contributed by atoms with Gasteiger partial charge in [-0.1, -0.05) is 12.2 Å². The number of allylic oxidation sites excluding steroid dienone is 1. The van der Waals surface area contributed by atoms with Crippen LogP contribution in [0, 0.1) is 11.3 Å². The first-order chi connectivity index (χ1) is 7.45. The standard InChI is InChI=1S/C10H8F3N3/c11-10(12,13)9-7(3-1-2-6-14)4-5-8(15)16-9/h1,3-5H,2H2,(H2,15,16). The topological polar surface area (TPSA) is 62.7 Å². The van der Waals surface area contributed by atoms with Gasteiger partial charge in [0.25, 0.3) is 0 Å². The summed E-state index contributed by atoms with van der Waals surface area (Å²) in [7, 11) is 0. The molecular weight excluding hydrogens is 219 g/mol. The van der Waals surface area contributed by atoms with Crippen molar-refractivity contribution in [3.05, 3.63) is 29.5 Å². The molecule has 0 atom stereocenters. The van der Waals surface area contributed by atoms with Gasteiger partial charge in [-0.15, -0.1) is 0 Å². The van der Waals surface area contributed by atoms with Crippen molar-refractivity contribution in [2.75, 3.05) is 5.73 Å². The van der Waals surface area contributed by atoms with E-state index < -0.39 is 11.9 Å². The molecule has 0 amide bonds. The van der Waals surface area contributed by atoms with Crippen LogP contribution in [0.15, 0.2) is 18.2 Å². The zero-order valence-electron chi connectivity index (χ0n) is 8.12. The molecule has 0 unspecified atom stereocenters. The Labute approximate surface area is 90.0 Å². The number of nitrogens with two attached hydrogens (primary N) is 1. The van der Waals surface area contributed by atoms with Gasteiger partial charge in [-0.25, -0.2) is 4.98 Å². The van der Waals surface area contributed by atoms with Crippen LogP contribution in [0.2, 0.25) is 0 Å². The molecule has 0 aliphatic heterocycles. The van der Waals surface area contributed by atoms with Crippen LogP contribution in [0.5, 0.6) is 0 Å². The Morgan fingerprint density at radius 1 is 1.44 bits per heavy atom. The van der Waals surface area contributed by atoms with Gasteiger partial charge in [0.2, 0.25) is 0 Å². The fourth-order valence-electron chi connectivity index (χ4n) is 1.09. The molecule has 0 saturated heterocycles. The second-order valence-corrected chi connectivity index (χ2v) is 2.94. The van der Waals surface area contributed by atoms with Crippen LogP contribution in [-0.2, 0) is 6.18 Å². The number of alkyl halides is 3. The van der Waals surface area contributed by atoms with Gasteiger partial charge in [-0.2, -0.15) is 18.4 Å². The molecule has 0 saturated carbocycles. The van der Waals surface area contributed by atoms with Gasteiger partial charge in [0.15, 0.2) is 5.69 Å². The number of pyridine rings is 1. The normalized spacial score (nSPS) is 11.6. The maximum absolute atomic E-state index is 12.5. The highest BCUT2D eigenvalue weighted by Gasteiger charge is 2.34. The van der Waals surface area contributed by atoms with E-state index in [1.54, 1.807) is 6.07 Å². The third-order valence-electron chi connectivity index (χ3n) is 1.72. The van der Waals surface area contributed by atoms with E-state index in [4.69, 9.17) is 11.0 Å². The van der Waals surface area contributed by atoms with Crippen LogP contribution in [0.25, 0.3) is 6.08 Å². The molecule has 1 aromatic heterocycles. The minimum atomic E-state index is -4.55. The molecule has 0 spiro atoms. The number of hydrogen-bond acceptors (Lipinski definition) is 3. The minimum Gasteiger partial charge on any atom is -0.384 e. The van der Waals surface area contributed by atoms with Gasteiger partial charge in [0.05, 0.1) is 12.5 Å². The predicted octanol–water partition coefficient (Wildman–Crippen LogP) is 2.61. The Hall–Kier alpha value is -2.03. The lowest BCUT2D eigenvalue weighted by Crippen LogP contribution is -2.11. The number of rotatable bonds is 2. The largest absolute Gasteiger partial charge is 0.434 e. The first kappa shape index (κ1) is 12.0. The molecule has 0 bridgehead atoms. The van der Waals surface area contributed by atoms with E-state index in [9.17, 15) is 13.2 Å². The van der Waals surface area contributed by atoms with Gasteiger partial charge >= 0.3 is 6.18 Å². The van der Waals surface area contributed by atoms with Crippen molar-refractivity contribution in [3.8, 4) is 6.07 Å². The molecule has 2 N–H and O–H groups in total. The molecule has 1 rings (SSSR count). The SMILES string of the molecule is N#CCC=Cc1ccc(N)nc1C(F)(F)F. The summed E-state index contributed by atoms with van der Waals surface area (Å²) in [6.07, 6.45) is -1.97. The number of nitriles is 1. The Kier molecular flexibility index (Phi) is 3.51. The number of halogens is 3. The molecule has 6 heteroatoms. The second kappa shape index (κ2) is 4.66. The first-order valence-electron chi connectivity index (χ1n) is 4.32. The fraction of sp³-hybridized carbons (Fsp3) is 0.200. The Morgan fingerprint density at radius 2 is 2.12 bits per heavy atom. The average molecular weight is 227 g/mol. The summed E-state index contributed by atoms with van der Waals surface area (Å²) < 4.78 is 37.6. The Bertz CT molecular complexity index is 444. The van der Waals surface area contributed by atoms with Crippen molar-refractivity contribution in [2.24, 2.45) is 0 Å². The van der Waals surface area contributed by atoms with Crippen molar-refractivity contribution in [1.82, 2.24) is 4.98 Å². The third-order valence-corrected chi connectivity index (χ3v) is 1.72. The maximum atomic E-state index is 12.5. The zero-order chi connectivity index (χ0) is 12.2. The molecule has 0 fully saturated rings. The molecule has 0 aromatic carbocycles. The molecule has 1 heterocycles. The van der Waals surface area contributed by atoms with Crippen LogP contribution in [0.4, 0.5) is 19.0 Å². The van der Waals surface area contributed by atoms with Gasteiger partial charge in [-0.3, -0.25) is 0 Å². The highest BCUT2D eigenvalue weighted by molar-refractivity contribution is 5.55. The van der Waals surface area contributed by atoms with E-state index in [0.717, 1.165) is 0 Å². The van der Waals surface area contributed by atoms with E-state index in [1.165, 1.54) is 24.3 Å². The van der Waals surface area contributed by atoms with Crippen molar-refractivity contribution in [3.63, 3.8) is 0 Å². The van der Waals surface area contributed by atoms with Crippen molar-refractivity contribution >= 4 is 11.9 Å². The summed E-state index contributed by atoms with van der Waals surface area (Å²) in [4.78, 5) is 3.24. The summed E-state index contributed by atoms with van der Waals surface area (Å²) in [6.45, 7) is 0. The summed E-state index contributed by atoms with van der Waals surface area (Å²) in [5.74, 6) is -0.190. The smallest absolute Gasteiger partial charge is 0.384 e. The lowest BCUT2D eigenvalue weighted by atomic mass is 10.1. The molecule has 0 radical (unpaired) electrons. The number of hydrogen-bond donors (Lipinski definition) is 1. The molecule has 3 nitrogen and oxygen atoms in total. The van der Waals surface area contributed by atoms with Crippen molar-refractivity contribution in [1.29, 1.82) is 5.26 Å². The lowest BCUT2D eigenvalue weighted by molar-refractivity contribution is -0.141. The van der Waals surface area contributed by atoms with Crippen LogP contribution in [0.3, 0.4) is 0 Å². The second-order valence-electron chi connectivity index (χ2n) is 2.94. The van der Waals surface area contributed by atoms with E-state index >= 15 is 0 Å². The highest BCUT2D eigenvalue weighted by atomic mass is 19.4. The number of nitrogens with zero attached hydrogens (tertiary/aromatic N) is 2. The van der Waals surface area contributed by atoms with E-state index in [1.807, 2.05) is 0 Å². The Balaban J connectivity index is 3.14. The van der Waals surface area contributed by atoms with E-state index in [2.05, 4.69) is 4.98 Å². The molecular formula is C10H8F3N3. The quantitative estimate of drug-likeness (QED) is 0.844. The summed E-state index contributed by atoms with van der Waals surface area (Å²) in [6, 6.07) is 4.29. The lowest BCUT2D eigenvalue weighted by Gasteiger charge is -2.09. The van der Waals surface area contributed by atoms with E-state index in [-0.39, 0.29) is 17.8 Å². The molecule has 0 aliphatic rings. The van der Waals surface area contributed by atoms with Gasteiger partial charge in [0.1, 0.15) is 5.82 Å². The minimum absolute atomic E-state index is 0.0433. The van der Waals surface area contributed by atoms with Crippen molar-refractivity contribution in [2.45, 2.75) is 12.6 Å². The Morgan fingerprint density at radius 3 is 2.69 bits per heavy atom. The highest BCUT2D eigenvalue weighted by Crippen LogP contribution is 2.31. The van der Waals surface area contributed by atoms with Gasteiger partial charge < -0.3 is 5.73 Å². The summed E-state index contributed by atoms with van der Waals surface area (Å²) in [5, 5.41) is 8.26. The maximum Gasteiger partial charge on any atom is 0.434 e. The van der Waals surface area contributed by atoms with Crippen LogP contribution >= 0.6 is 0 Å². The predicted molar refractivity (Wildman–Crippen MR) is 52.9 cm³/mol. The van der Waals surface area contributed by atoms with Gasteiger partial charge in [-0.05, 0) is 12.1 Å².